The second kappa shape index (κ2) is 4.87. The quantitative estimate of drug-likeness (QED) is 0.895. The van der Waals surface area contributed by atoms with Crippen LogP contribution in [0, 0.1) is 6.92 Å². The normalized spacial score (nSPS) is 14.6. The lowest BCUT2D eigenvalue weighted by atomic mass is 10.4. The summed E-state index contributed by atoms with van der Waals surface area (Å²) in [6, 6.07) is 0. The third kappa shape index (κ3) is 2.75. The fourth-order valence-corrected chi connectivity index (χ4v) is 3.59. The van der Waals surface area contributed by atoms with Gasteiger partial charge in [0.25, 0.3) is 0 Å². The van der Waals surface area contributed by atoms with Crippen molar-refractivity contribution in [1.29, 1.82) is 0 Å². The maximum Gasteiger partial charge on any atom is 0.240 e. The third-order valence-corrected chi connectivity index (χ3v) is 4.56. The Morgan fingerprint density at radius 2 is 2.37 bits per heavy atom. The molecule has 1 aliphatic heterocycles. The predicted octanol–water partition coefficient (Wildman–Crippen LogP) is 1.44. The van der Waals surface area contributed by atoms with Crippen LogP contribution in [0.5, 0.6) is 0 Å². The number of anilines is 2. The number of thiazole rings is 2. The Morgan fingerprint density at radius 1 is 1.53 bits per heavy atom. The van der Waals surface area contributed by atoms with Crippen molar-refractivity contribution in [2.75, 3.05) is 17.6 Å². The van der Waals surface area contributed by atoms with E-state index in [9.17, 15) is 4.79 Å². The molecule has 2 aromatic heterocycles. The summed E-state index contributed by atoms with van der Waals surface area (Å²) in [6.45, 7) is 3.68. The maximum absolute atomic E-state index is 11.9. The molecule has 0 unspecified atom stereocenters. The number of nitrogens with zero attached hydrogens (tertiary/aromatic N) is 3. The van der Waals surface area contributed by atoms with Gasteiger partial charge in [-0.05, 0) is 6.92 Å². The van der Waals surface area contributed by atoms with Gasteiger partial charge in [-0.25, -0.2) is 9.97 Å². The average molecular weight is 295 g/mol. The molecular formula is C11H13N5OS2. The fraction of sp³-hybridized carbons (Fsp3) is 0.364. The average Bonchev–Trinajstić information content (AvgIpc) is 2.93. The molecule has 6 nitrogen and oxygen atoms in total. The van der Waals surface area contributed by atoms with Crippen molar-refractivity contribution < 1.29 is 4.79 Å². The minimum Gasteiger partial charge on any atom is -0.375 e. The van der Waals surface area contributed by atoms with Crippen LogP contribution in [0.4, 0.5) is 10.3 Å². The van der Waals surface area contributed by atoms with Gasteiger partial charge in [-0.3, -0.25) is 9.69 Å². The molecule has 19 heavy (non-hydrogen) atoms. The summed E-state index contributed by atoms with van der Waals surface area (Å²) in [6.07, 6.45) is 0. The van der Waals surface area contributed by atoms with Crippen LogP contribution >= 0.6 is 22.7 Å². The molecule has 1 aliphatic rings. The molecule has 2 aromatic rings. The zero-order valence-electron chi connectivity index (χ0n) is 10.3. The first-order valence-electron chi connectivity index (χ1n) is 5.78. The van der Waals surface area contributed by atoms with Crippen molar-refractivity contribution in [2.24, 2.45) is 0 Å². The fourth-order valence-electron chi connectivity index (χ4n) is 2.01. The topological polar surface area (TPSA) is 84.1 Å². The molecule has 3 N–H and O–H groups in total. The lowest BCUT2D eigenvalue weighted by Crippen LogP contribution is -2.29. The zero-order valence-corrected chi connectivity index (χ0v) is 12.0. The van der Waals surface area contributed by atoms with Crippen LogP contribution in [0.3, 0.4) is 0 Å². The van der Waals surface area contributed by atoms with E-state index in [4.69, 9.17) is 5.73 Å². The highest BCUT2D eigenvalue weighted by molar-refractivity contribution is 7.15. The second-order valence-corrected chi connectivity index (χ2v) is 6.38. The van der Waals surface area contributed by atoms with E-state index in [1.807, 2.05) is 17.2 Å². The number of hydrogen-bond donors (Lipinski definition) is 2. The molecule has 3 rings (SSSR count). The van der Waals surface area contributed by atoms with Gasteiger partial charge in [-0.15, -0.1) is 22.7 Å². The van der Waals surface area contributed by atoms with E-state index in [1.165, 1.54) is 22.7 Å². The molecule has 0 saturated carbocycles. The van der Waals surface area contributed by atoms with Gasteiger partial charge in [-0.1, -0.05) is 0 Å². The van der Waals surface area contributed by atoms with Crippen molar-refractivity contribution >= 4 is 38.8 Å². The maximum atomic E-state index is 11.9. The predicted molar refractivity (Wildman–Crippen MR) is 76.1 cm³/mol. The van der Waals surface area contributed by atoms with E-state index in [1.54, 1.807) is 0 Å². The number of amides is 1. The zero-order chi connectivity index (χ0) is 13.4. The van der Waals surface area contributed by atoms with Crippen LogP contribution in [0.1, 0.15) is 16.3 Å². The lowest BCUT2D eigenvalue weighted by Gasteiger charge is -2.13. The van der Waals surface area contributed by atoms with E-state index >= 15 is 0 Å². The Morgan fingerprint density at radius 3 is 3.05 bits per heavy atom. The molecule has 3 heterocycles. The number of nitrogens with one attached hydrogen (secondary N) is 1. The first-order chi connectivity index (χ1) is 9.10. The summed E-state index contributed by atoms with van der Waals surface area (Å²) < 4.78 is 0. The SMILES string of the molecule is Cc1csc(NC(=O)CN2Cc3nc(N)sc3C2)n1. The molecule has 8 heteroatoms. The minimum absolute atomic E-state index is 0.0440. The van der Waals surface area contributed by atoms with Crippen LogP contribution in [0.25, 0.3) is 0 Å². The van der Waals surface area contributed by atoms with Gasteiger partial charge in [-0.2, -0.15) is 0 Å². The van der Waals surface area contributed by atoms with Crippen molar-refractivity contribution in [3.05, 3.63) is 21.6 Å². The first-order valence-corrected chi connectivity index (χ1v) is 7.48. The lowest BCUT2D eigenvalue weighted by molar-refractivity contribution is -0.117. The van der Waals surface area contributed by atoms with Crippen LogP contribution < -0.4 is 11.1 Å². The Balaban J connectivity index is 1.55. The van der Waals surface area contributed by atoms with Crippen molar-refractivity contribution in [3.63, 3.8) is 0 Å². The number of rotatable bonds is 3. The number of carbonyl (C=O) groups is 1. The highest BCUT2D eigenvalue weighted by Crippen LogP contribution is 2.29. The van der Waals surface area contributed by atoms with E-state index in [0.717, 1.165) is 22.8 Å². The first kappa shape index (κ1) is 12.5. The summed E-state index contributed by atoms with van der Waals surface area (Å²) in [5.74, 6) is -0.0440. The Hall–Kier alpha value is -1.51. The van der Waals surface area contributed by atoms with E-state index in [-0.39, 0.29) is 5.91 Å². The minimum atomic E-state index is -0.0440. The number of aromatic nitrogens is 2. The van der Waals surface area contributed by atoms with Gasteiger partial charge in [0.05, 0.1) is 17.9 Å². The monoisotopic (exact) mass is 295 g/mol. The molecule has 0 aliphatic carbocycles. The number of aryl methyl sites for hydroxylation is 1. The molecule has 0 bridgehead atoms. The van der Waals surface area contributed by atoms with Crippen molar-refractivity contribution in [3.8, 4) is 0 Å². The summed E-state index contributed by atoms with van der Waals surface area (Å²) >= 11 is 2.94. The molecule has 0 spiro atoms. The molecule has 0 radical (unpaired) electrons. The van der Waals surface area contributed by atoms with Crippen LogP contribution in [0.2, 0.25) is 0 Å². The molecule has 0 saturated heterocycles. The van der Waals surface area contributed by atoms with Gasteiger partial charge in [0.1, 0.15) is 0 Å². The van der Waals surface area contributed by atoms with E-state index in [0.29, 0.717) is 23.4 Å². The number of nitrogen functional groups attached to an aromatic ring is 1. The Labute approximate surface area is 118 Å². The number of fused-ring (bicyclic) bond motifs is 1. The van der Waals surface area contributed by atoms with Gasteiger partial charge in [0, 0.05) is 23.3 Å². The molecule has 100 valence electrons. The summed E-state index contributed by atoms with van der Waals surface area (Å²) in [7, 11) is 0. The standard InChI is InChI=1S/C11H13N5OS2/c1-6-5-18-11(13-6)15-9(17)4-16-2-7-8(3-16)19-10(12)14-7/h5H,2-4H2,1H3,(H2,12,14)(H,13,15,17). The van der Waals surface area contributed by atoms with Gasteiger partial charge >= 0.3 is 0 Å². The molecular weight excluding hydrogens is 282 g/mol. The molecule has 0 aromatic carbocycles. The number of carbonyl (C=O) groups excluding carboxylic acids is 1. The van der Waals surface area contributed by atoms with Gasteiger partial charge < -0.3 is 11.1 Å². The molecule has 1 amide bonds. The van der Waals surface area contributed by atoms with Crippen LogP contribution in [-0.4, -0.2) is 27.3 Å². The molecule has 0 atom stereocenters. The van der Waals surface area contributed by atoms with E-state index in [2.05, 4.69) is 15.3 Å². The largest absolute Gasteiger partial charge is 0.375 e. The highest BCUT2D eigenvalue weighted by atomic mass is 32.1. The summed E-state index contributed by atoms with van der Waals surface area (Å²) in [4.78, 5) is 23.6. The summed E-state index contributed by atoms with van der Waals surface area (Å²) in [5, 5.41) is 5.97. The second-order valence-electron chi connectivity index (χ2n) is 4.41. The highest BCUT2D eigenvalue weighted by Gasteiger charge is 2.24. The van der Waals surface area contributed by atoms with Crippen molar-refractivity contribution in [2.45, 2.75) is 20.0 Å². The Kier molecular flexibility index (Phi) is 3.21. The van der Waals surface area contributed by atoms with Gasteiger partial charge in [0.15, 0.2) is 10.3 Å². The number of nitrogens with two attached hydrogens (primary N) is 1. The summed E-state index contributed by atoms with van der Waals surface area (Å²) in [5.41, 5.74) is 7.56. The van der Waals surface area contributed by atoms with Crippen LogP contribution in [-0.2, 0) is 17.9 Å². The third-order valence-electron chi connectivity index (χ3n) is 2.77. The van der Waals surface area contributed by atoms with Crippen LogP contribution in [0.15, 0.2) is 5.38 Å². The van der Waals surface area contributed by atoms with E-state index < -0.39 is 0 Å². The smallest absolute Gasteiger partial charge is 0.240 e. The van der Waals surface area contributed by atoms with Gasteiger partial charge in [0.2, 0.25) is 5.91 Å². The Bertz CT molecular complexity index is 597. The number of hydrogen-bond acceptors (Lipinski definition) is 7. The van der Waals surface area contributed by atoms with Crippen molar-refractivity contribution in [1.82, 2.24) is 14.9 Å². The molecule has 0 fully saturated rings.